The Morgan fingerprint density at radius 1 is 0.667 bits per heavy atom. The molecule has 0 radical (unpaired) electrons. The van der Waals surface area contributed by atoms with Crippen molar-refractivity contribution in [1.82, 2.24) is 0 Å². The van der Waals surface area contributed by atoms with Crippen LogP contribution in [-0.4, -0.2) is 63.1 Å². The zero-order chi connectivity index (χ0) is 16.0. The minimum Gasteiger partial charge on any atom is -0.394 e. The van der Waals surface area contributed by atoms with E-state index < -0.39 is 0 Å². The first-order valence-electron chi connectivity index (χ1n) is 6.83. The van der Waals surface area contributed by atoms with E-state index in [1.54, 1.807) is 12.2 Å². The molecule has 0 heterocycles. The molecule has 2 N–H and O–H groups in total. The van der Waals surface area contributed by atoms with Crippen LogP contribution in [0.5, 0.6) is 0 Å². The van der Waals surface area contributed by atoms with Crippen molar-refractivity contribution in [3.05, 3.63) is 25.3 Å². The Kier molecular flexibility index (Phi) is 25.9. The van der Waals surface area contributed by atoms with E-state index in [4.69, 9.17) is 19.7 Å². The molecule has 0 fully saturated rings. The molecule has 7 heteroatoms. The van der Waals surface area contributed by atoms with Gasteiger partial charge in [0.15, 0.2) is 0 Å². The summed E-state index contributed by atoms with van der Waals surface area (Å²) < 4.78 is 9.75. The number of rotatable bonds is 15. The van der Waals surface area contributed by atoms with Gasteiger partial charge in [-0.15, -0.1) is 13.2 Å². The molecule has 126 valence electrons. The largest absolute Gasteiger partial charge is 0.394 e. The lowest BCUT2D eigenvalue weighted by molar-refractivity contribution is -0.511. The minimum absolute atomic E-state index is 0.0417. The number of ether oxygens (including phenoxy) is 2. The molecular formula is C14H28O7. The van der Waals surface area contributed by atoms with Crippen molar-refractivity contribution in [3.8, 4) is 0 Å². The summed E-state index contributed by atoms with van der Waals surface area (Å²) in [7, 11) is 0. The highest BCUT2D eigenvalue weighted by Crippen LogP contribution is 1.88. The smallest absolute Gasteiger partial charge is 0.0888 e. The van der Waals surface area contributed by atoms with Gasteiger partial charge in [0, 0.05) is 0 Å². The molecule has 0 bridgehead atoms. The Morgan fingerprint density at radius 2 is 1.10 bits per heavy atom. The fourth-order valence-electron chi connectivity index (χ4n) is 0.816. The number of hydrogen-bond donors (Lipinski definition) is 2. The lowest BCUT2D eigenvalue weighted by Crippen LogP contribution is -2.09. The molecule has 0 aliphatic rings. The summed E-state index contributed by atoms with van der Waals surface area (Å²) in [5.74, 6) is 0. The Bertz CT molecular complexity index is 180. The average Bonchev–Trinajstić information content (AvgIpc) is 2.51. The predicted molar refractivity (Wildman–Crippen MR) is 78.4 cm³/mol. The van der Waals surface area contributed by atoms with Crippen LogP contribution in [0.25, 0.3) is 0 Å². The summed E-state index contributed by atoms with van der Waals surface area (Å²) in [4.78, 5) is 9.19. The maximum Gasteiger partial charge on any atom is 0.0888 e. The minimum atomic E-state index is 0.0417. The molecule has 0 amide bonds. The van der Waals surface area contributed by atoms with Gasteiger partial charge in [0.05, 0.1) is 52.9 Å². The molecule has 0 rings (SSSR count). The van der Waals surface area contributed by atoms with E-state index in [-0.39, 0.29) is 13.2 Å². The summed E-state index contributed by atoms with van der Waals surface area (Å²) in [5, 5.41) is 20.9. The van der Waals surface area contributed by atoms with Crippen LogP contribution in [0, 0.1) is 0 Å². The molecular weight excluding hydrogens is 280 g/mol. The van der Waals surface area contributed by atoms with E-state index in [0.29, 0.717) is 39.6 Å². The summed E-state index contributed by atoms with van der Waals surface area (Å²) >= 11 is 0. The number of aliphatic hydroxyl groups is 2. The molecule has 0 atom stereocenters. The van der Waals surface area contributed by atoms with Crippen LogP contribution in [-0.2, 0) is 24.3 Å². The molecule has 0 spiro atoms. The van der Waals surface area contributed by atoms with Gasteiger partial charge in [-0.2, -0.15) is 0 Å². The van der Waals surface area contributed by atoms with Crippen LogP contribution in [0.4, 0.5) is 0 Å². The second kappa shape index (κ2) is 24.2. The second-order valence-electron chi connectivity index (χ2n) is 3.54. The van der Waals surface area contributed by atoms with Crippen LogP contribution in [0.2, 0.25) is 0 Å². The highest BCUT2D eigenvalue weighted by molar-refractivity contribution is 4.64. The predicted octanol–water partition coefficient (Wildman–Crippen LogP) is 1.02. The average molecular weight is 308 g/mol. The molecule has 0 aliphatic carbocycles. The molecule has 0 aliphatic heterocycles. The van der Waals surface area contributed by atoms with Crippen molar-refractivity contribution in [2.45, 2.75) is 12.8 Å². The quantitative estimate of drug-likeness (QED) is 0.202. The standard InChI is InChI=1S/C8H14O3.C6H14O4/c1-3-5-7-9-11-10-8-6-4-2;7-1-3-9-5-6-10-4-2-8/h3-4H,1-2,5-8H2;7-8H,1-6H2. The van der Waals surface area contributed by atoms with Gasteiger partial charge < -0.3 is 19.7 Å². The van der Waals surface area contributed by atoms with Gasteiger partial charge in [-0.1, -0.05) is 17.2 Å². The summed E-state index contributed by atoms with van der Waals surface area (Å²) in [6.07, 6.45) is 5.00. The lowest BCUT2D eigenvalue weighted by atomic mass is 10.5. The summed E-state index contributed by atoms with van der Waals surface area (Å²) in [6.45, 7) is 9.70. The lowest BCUT2D eigenvalue weighted by Gasteiger charge is -2.01. The van der Waals surface area contributed by atoms with Crippen LogP contribution in [0.3, 0.4) is 0 Å². The molecule has 0 aromatic carbocycles. The normalized spacial score (nSPS) is 9.81. The third-order valence-electron chi connectivity index (χ3n) is 1.75. The van der Waals surface area contributed by atoms with E-state index in [2.05, 4.69) is 28.0 Å². The van der Waals surface area contributed by atoms with E-state index in [0.717, 1.165) is 12.8 Å². The third kappa shape index (κ3) is 28.2. The fraction of sp³-hybridized carbons (Fsp3) is 0.714. The Balaban J connectivity index is 0. The van der Waals surface area contributed by atoms with Crippen LogP contribution < -0.4 is 0 Å². The molecule has 7 nitrogen and oxygen atoms in total. The Morgan fingerprint density at radius 3 is 1.43 bits per heavy atom. The molecule has 0 aromatic rings. The van der Waals surface area contributed by atoms with Crippen LogP contribution in [0.15, 0.2) is 25.3 Å². The maximum absolute atomic E-state index is 8.26. The van der Waals surface area contributed by atoms with Crippen LogP contribution in [0.1, 0.15) is 12.8 Å². The Labute approximate surface area is 126 Å². The van der Waals surface area contributed by atoms with Gasteiger partial charge in [-0.3, -0.25) is 0 Å². The van der Waals surface area contributed by atoms with Crippen molar-refractivity contribution in [3.63, 3.8) is 0 Å². The van der Waals surface area contributed by atoms with E-state index >= 15 is 0 Å². The molecule has 0 aromatic heterocycles. The van der Waals surface area contributed by atoms with Gasteiger partial charge in [0.2, 0.25) is 0 Å². The first kappa shape index (κ1) is 22.5. The molecule has 0 saturated carbocycles. The fourth-order valence-corrected chi connectivity index (χ4v) is 0.816. The van der Waals surface area contributed by atoms with Gasteiger partial charge in [-0.25, -0.2) is 9.78 Å². The number of aliphatic hydroxyl groups excluding tert-OH is 2. The van der Waals surface area contributed by atoms with E-state index in [1.165, 1.54) is 0 Å². The summed E-state index contributed by atoms with van der Waals surface area (Å²) in [6, 6.07) is 0. The first-order chi connectivity index (χ1) is 10.3. The van der Waals surface area contributed by atoms with Crippen LogP contribution >= 0.6 is 0 Å². The SMILES string of the molecule is C=CCCOOOCCC=C.OCCOCCOCCO. The second-order valence-corrected chi connectivity index (χ2v) is 3.54. The highest BCUT2D eigenvalue weighted by atomic mass is 17.5. The highest BCUT2D eigenvalue weighted by Gasteiger charge is 1.87. The monoisotopic (exact) mass is 308 g/mol. The number of hydrogen-bond acceptors (Lipinski definition) is 7. The van der Waals surface area contributed by atoms with E-state index in [9.17, 15) is 0 Å². The zero-order valence-corrected chi connectivity index (χ0v) is 12.6. The Hall–Kier alpha value is -0.800. The third-order valence-corrected chi connectivity index (χ3v) is 1.75. The van der Waals surface area contributed by atoms with Gasteiger partial charge >= 0.3 is 0 Å². The molecule has 0 unspecified atom stereocenters. The van der Waals surface area contributed by atoms with Crippen molar-refractivity contribution in [2.75, 3.05) is 52.9 Å². The molecule has 21 heavy (non-hydrogen) atoms. The van der Waals surface area contributed by atoms with Crippen molar-refractivity contribution >= 4 is 0 Å². The van der Waals surface area contributed by atoms with Gasteiger partial charge in [0.1, 0.15) is 0 Å². The zero-order valence-electron chi connectivity index (χ0n) is 12.6. The van der Waals surface area contributed by atoms with Crippen molar-refractivity contribution < 1.29 is 34.5 Å². The van der Waals surface area contributed by atoms with E-state index in [1.807, 2.05) is 0 Å². The van der Waals surface area contributed by atoms with Crippen molar-refractivity contribution in [2.24, 2.45) is 0 Å². The topological polar surface area (TPSA) is 86.6 Å². The van der Waals surface area contributed by atoms with Gasteiger partial charge in [-0.05, 0) is 12.8 Å². The first-order valence-corrected chi connectivity index (χ1v) is 6.83. The summed E-state index contributed by atoms with van der Waals surface area (Å²) in [5.41, 5.74) is 0. The maximum atomic E-state index is 8.26. The van der Waals surface area contributed by atoms with Crippen molar-refractivity contribution in [1.29, 1.82) is 0 Å². The molecule has 0 saturated heterocycles. The van der Waals surface area contributed by atoms with Gasteiger partial charge in [0.25, 0.3) is 0 Å².